The lowest BCUT2D eigenvalue weighted by molar-refractivity contribution is -0.115. The van der Waals surface area contributed by atoms with Crippen molar-refractivity contribution in [2.75, 3.05) is 18.4 Å². The van der Waals surface area contributed by atoms with Gasteiger partial charge in [-0.05, 0) is 47.9 Å². The van der Waals surface area contributed by atoms with Crippen molar-refractivity contribution < 1.29 is 18.0 Å². The second-order valence-electron chi connectivity index (χ2n) is 8.13. The van der Waals surface area contributed by atoms with Gasteiger partial charge in [0.15, 0.2) is 0 Å². The van der Waals surface area contributed by atoms with Crippen molar-refractivity contribution in [3.63, 3.8) is 0 Å². The highest BCUT2D eigenvalue weighted by atomic mass is 32.2. The average Bonchev–Trinajstić information content (AvgIpc) is 3.61. The van der Waals surface area contributed by atoms with Crippen LogP contribution in [0.4, 0.5) is 5.69 Å². The zero-order chi connectivity index (χ0) is 25.1. The number of rotatable bonds is 7. The zero-order valence-electron chi connectivity index (χ0n) is 19.0. The summed E-state index contributed by atoms with van der Waals surface area (Å²) in [6.07, 6.45) is 3.64. The van der Waals surface area contributed by atoms with Gasteiger partial charge in [-0.3, -0.25) is 9.59 Å². The van der Waals surface area contributed by atoms with E-state index in [2.05, 4.69) is 20.7 Å². The molecule has 2 aromatic carbocycles. The summed E-state index contributed by atoms with van der Waals surface area (Å²) in [4.78, 5) is 28.7. The lowest BCUT2D eigenvalue weighted by Gasteiger charge is -2.27. The molecule has 0 fully saturated rings. The highest BCUT2D eigenvalue weighted by molar-refractivity contribution is 7.91. The molecule has 2 amide bonds. The molecule has 0 atom stereocenters. The molecule has 184 valence electrons. The van der Waals surface area contributed by atoms with E-state index in [0.29, 0.717) is 25.2 Å². The van der Waals surface area contributed by atoms with Crippen molar-refractivity contribution in [2.24, 2.45) is 0 Å². The smallest absolute Gasteiger partial charge is 0.252 e. The first-order valence-corrected chi connectivity index (χ1v) is 13.4. The third kappa shape index (κ3) is 5.05. The Kier molecular flexibility index (Phi) is 6.63. The van der Waals surface area contributed by atoms with Gasteiger partial charge < -0.3 is 10.6 Å². The van der Waals surface area contributed by atoms with Crippen LogP contribution in [0.15, 0.2) is 76.8 Å². The molecule has 36 heavy (non-hydrogen) atoms. The third-order valence-electron chi connectivity index (χ3n) is 5.77. The van der Waals surface area contributed by atoms with E-state index >= 15 is 0 Å². The molecule has 1 aliphatic rings. The minimum atomic E-state index is -3.73. The Labute approximate surface area is 211 Å². The number of fused-ring (bicyclic) bond motifs is 1. The largest absolute Gasteiger partial charge is 0.343 e. The molecule has 2 aromatic heterocycles. The second kappa shape index (κ2) is 10.0. The number of nitrogens with one attached hydrogen (secondary N) is 2. The summed E-state index contributed by atoms with van der Waals surface area (Å²) in [7, 11) is -3.73. The number of nitrogens with zero attached hydrogens (tertiary/aromatic N) is 4. The van der Waals surface area contributed by atoms with Crippen LogP contribution in [0, 0.1) is 0 Å². The van der Waals surface area contributed by atoms with Gasteiger partial charge in [0.1, 0.15) is 16.9 Å². The summed E-state index contributed by atoms with van der Waals surface area (Å²) in [5.41, 5.74) is 3.68. The average molecular weight is 523 g/mol. The Balaban J connectivity index is 1.16. The van der Waals surface area contributed by atoms with Gasteiger partial charge in [-0.1, -0.05) is 24.3 Å². The first-order valence-electron chi connectivity index (χ1n) is 11.1. The Hall–Kier alpha value is -3.87. The topological polar surface area (TPSA) is 126 Å². The van der Waals surface area contributed by atoms with Crippen LogP contribution in [0.1, 0.15) is 21.5 Å². The molecule has 0 aliphatic carbocycles. The van der Waals surface area contributed by atoms with Crippen LogP contribution in [0.5, 0.6) is 0 Å². The molecule has 10 nitrogen and oxygen atoms in total. The Bertz CT molecular complexity index is 1500. The normalized spacial score (nSPS) is 13.7. The fraction of sp³-hybridized carbons (Fsp3) is 0.167. The van der Waals surface area contributed by atoms with Crippen LogP contribution in [0.3, 0.4) is 0 Å². The summed E-state index contributed by atoms with van der Waals surface area (Å²) < 4.78 is 29.4. The van der Waals surface area contributed by atoms with Crippen LogP contribution in [0.25, 0.3) is 5.69 Å². The number of sulfonamides is 1. The van der Waals surface area contributed by atoms with Gasteiger partial charge in [0.05, 0.1) is 17.8 Å². The number of amides is 2. The van der Waals surface area contributed by atoms with E-state index in [-0.39, 0.29) is 16.3 Å². The van der Waals surface area contributed by atoms with Crippen LogP contribution >= 0.6 is 11.3 Å². The number of aromatic nitrogens is 3. The number of anilines is 1. The van der Waals surface area contributed by atoms with Crippen LogP contribution in [-0.4, -0.2) is 52.4 Å². The van der Waals surface area contributed by atoms with Crippen molar-refractivity contribution in [1.29, 1.82) is 0 Å². The highest BCUT2D eigenvalue weighted by Crippen LogP contribution is 2.28. The number of thiophene rings is 1. The molecule has 0 unspecified atom stereocenters. The van der Waals surface area contributed by atoms with Crippen molar-refractivity contribution in [2.45, 2.75) is 17.2 Å². The van der Waals surface area contributed by atoms with E-state index in [1.54, 1.807) is 35.3 Å². The monoisotopic (exact) mass is 522 g/mol. The highest BCUT2D eigenvalue weighted by Gasteiger charge is 2.30. The van der Waals surface area contributed by atoms with E-state index in [0.717, 1.165) is 28.2 Å². The van der Waals surface area contributed by atoms with Crippen molar-refractivity contribution in [1.82, 2.24) is 24.4 Å². The van der Waals surface area contributed by atoms with Crippen LogP contribution in [-0.2, 0) is 27.8 Å². The van der Waals surface area contributed by atoms with E-state index in [1.165, 1.54) is 22.1 Å². The summed E-state index contributed by atoms with van der Waals surface area (Å²) in [5, 5.41) is 10.8. The van der Waals surface area contributed by atoms with E-state index in [9.17, 15) is 18.0 Å². The van der Waals surface area contributed by atoms with Gasteiger partial charge in [-0.15, -0.1) is 11.3 Å². The molecule has 0 saturated heterocycles. The fourth-order valence-corrected chi connectivity index (χ4v) is 6.61. The molecule has 0 saturated carbocycles. The van der Waals surface area contributed by atoms with E-state index < -0.39 is 21.8 Å². The zero-order valence-corrected chi connectivity index (χ0v) is 20.6. The summed E-state index contributed by atoms with van der Waals surface area (Å²) >= 11 is 0.994. The predicted octanol–water partition coefficient (Wildman–Crippen LogP) is 2.44. The SMILES string of the molecule is O=C(CNC(=O)c1csc(S(=O)(=O)N2CCc3ccccc3C2)c1)Nc1ccc(-n2cncn2)cc1. The maximum absolute atomic E-state index is 13.1. The van der Waals surface area contributed by atoms with Crippen LogP contribution in [0.2, 0.25) is 0 Å². The third-order valence-corrected chi connectivity index (χ3v) is 9.03. The van der Waals surface area contributed by atoms with Crippen molar-refractivity contribution in [3.05, 3.63) is 89.3 Å². The molecule has 5 rings (SSSR count). The molecule has 0 radical (unpaired) electrons. The van der Waals surface area contributed by atoms with Gasteiger partial charge in [-0.2, -0.15) is 9.40 Å². The summed E-state index contributed by atoms with van der Waals surface area (Å²) in [6, 6.07) is 16.1. The number of carbonyl (C=O) groups excluding carboxylic acids is 2. The van der Waals surface area contributed by atoms with Gasteiger partial charge in [0.25, 0.3) is 15.9 Å². The maximum atomic E-state index is 13.1. The lowest BCUT2D eigenvalue weighted by atomic mass is 10.0. The number of hydrogen-bond donors (Lipinski definition) is 2. The number of carbonyl (C=O) groups is 2. The standard InChI is InChI=1S/C24H22N6O4S2/c31-22(28-20-5-7-21(8-6-20)30-16-25-15-27-30)12-26-24(32)19-11-23(35-14-19)36(33,34)29-10-9-17-3-1-2-4-18(17)13-29/h1-8,11,14-16H,9-10,12-13H2,(H,26,32)(H,28,31). The number of benzene rings is 2. The Morgan fingerprint density at radius 1 is 1.06 bits per heavy atom. The maximum Gasteiger partial charge on any atom is 0.252 e. The summed E-state index contributed by atoms with van der Waals surface area (Å²) in [6.45, 7) is 0.432. The number of hydrogen-bond acceptors (Lipinski definition) is 7. The molecular formula is C24H22N6O4S2. The second-order valence-corrected chi connectivity index (χ2v) is 11.2. The quantitative estimate of drug-likeness (QED) is 0.384. The van der Waals surface area contributed by atoms with Gasteiger partial charge >= 0.3 is 0 Å². The first kappa shape index (κ1) is 23.9. The molecule has 3 heterocycles. The minimum Gasteiger partial charge on any atom is -0.343 e. The van der Waals surface area contributed by atoms with E-state index in [1.807, 2.05) is 24.3 Å². The van der Waals surface area contributed by atoms with Crippen molar-refractivity contribution >= 4 is 38.9 Å². The molecular weight excluding hydrogens is 500 g/mol. The molecule has 4 aromatic rings. The van der Waals surface area contributed by atoms with Gasteiger partial charge in [0, 0.05) is 24.2 Å². The Morgan fingerprint density at radius 3 is 2.58 bits per heavy atom. The lowest BCUT2D eigenvalue weighted by Crippen LogP contribution is -2.35. The molecule has 12 heteroatoms. The van der Waals surface area contributed by atoms with Gasteiger partial charge in [-0.25, -0.2) is 18.1 Å². The fourth-order valence-electron chi connectivity index (χ4n) is 3.88. The molecule has 2 N–H and O–H groups in total. The first-order chi connectivity index (χ1) is 17.4. The molecule has 1 aliphatic heterocycles. The van der Waals surface area contributed by atoms with Gasteiger partial charge in [0.2, 0.25) is 5.91 Å². The molecule has 0 bridgehead atoms. The van der Waals surface area contributed by atoms with Crippen molar-refractivity contribution in [3.8, 4) is 5.69 Å². The Morgan fingerprint density at radius 2 is 1.83 bits per heavy atom. The van der Waals surface area contributed by atoms with E-state index in [4.69, 9.17) is 0 Å². The minimum absolute atomic E-state index is 0.101. The summed E-state index contributed by atoms with van der Waals surface area (Å²) in [5.74, 6) is -0.930. The molecule has 0 spiro atoms. The predicted molar refractivity (Wildman–Crippen MR) is 134 cm³/mol. The van der Waals surface area contributed by atoms with Crippen LogP contribution < -0.4 is 10.6 Å².